The van der Waals surface area contributed by atoms with Crippen molar-refractivity contribution in [2.75, 3.05) is 13.7 Å². The molecule has 0 unspecified atom stereocenters. The van der Waals surface area contributed by atoms with E-state index in [9.17, 15) is 0 Å². The Morgan fingerprint density at radius 2 is 2.23 bits per heavy atom. The van der Waals surface area contributed by atoms with E-state index < -0.39 is 0 Å². The molecule has 13 heavy (non-hydrogen) atoms. The number of rotatable bonds is 4. The van der Waals surface area contributed by atoms with Gasteiger partial charge in [-0.15, -0.1) is 0 Å². The van der Waals surface area contributed by atoms with Crippen LogP contribution in [0.4, 0.5) is 0 Å². The molecule has 0 aliphatic rings. The van der Waals surface area contributed by atoms with Crippen molar-refractivity contribution >= 4 is 11.6 Å². The smallest absolute Gasteiger partial charge is 0.0470 e. The summed E-state index contributed by atoms with van der Waals surface area (Å²) < 4.78 is 5.01. The predicted molar refractivity (Wildman–Crippen MR) is 56.0 cm³/mol. The summed E-state index contributed by atoms with van der Waals surface area (Å²) in [5.41, 5.74) is 1.20. The molecule has 1 rings (SSSR count). The minimum Gasteiger partial charge on any atom is -0.385 e. The number of benzene rings is 1. The zero-order chi connectivity index (χ0) is 9.68. The topological polar surface area (TPSA) is 9.23 Å². The van der Waals surface area contributed by atoms with Crippen LogP contribution in [0.1, 0.15) is 18.9 Å². The molecule has 1 aromatic rings. The zero-order valence-corrected chi connectivity index (χ0v) is 8.77. The largest absolute Gasteiger partial charge is 0.385 e. The number of halogens is 1. The SMILES string of the molecule is COCC[C](C)c1cccc(Cl)c1. The van der Waals surface area contributed by atoms with Crippen molar-refractivity contribution in [3.8, 4) is 0 Å². The van der Waals surface area contributed by atoms with Gasteiger partial charge in [0.2, 0.25) is 0 Å². The van der Waals surface area contributed by atoms with Gasteiger partial charge in [-0.05, 0) is 24.1 Å². The predicted octanol–water partition coefficient (Wildman–Crippen LogP) is 3.32. The number of methoxy groups -OCH3 is 1. The van der Waals surface area contributed by atoms with E-state index in [0.717, 1.165) is 18.1 Å². The average Bonchev–Trinajstić information content (AvgIpc) is 2.14. The summed E-state index contributed by atoms with van der Waals surface area (Å²) in [6, 6.07) is 7.89. The number of hydrogen-bond donors (Lipinski definition) is 0. The molecule has 1 radical (unpaired) electrons. The Morgan fingerprint density at radius 1 is 1.46 bits per heavy atom. The summed E-state index contributed by atoms with van der Waals surface area (Å²) in [5, 5.41) is 0.786. The normalized spacial score (nSPS) is 10.8. The summed E-state index contributed by atoms with van der Waals surface area (Å²) >= 11 is 5.88. The van der Waals surface area contributed by atoms with Crippen molar-refractivity contribution in [1.29, 1.82) is 0 Å². The van der Waals surface area contributed by atoms with Crippen molar-refractivity contribution < 1.29 is 4.74 Å². The van der Waals surface area contributed by atoms with Gasteiger partial charge in [-0.25, -0.2) is 0 Å². The molecule has 0 atom stereocenters. The molecule has 0 spiro atoms. The molecule has 0 bridgehead atoms. The maximum Gasteiger partial charge on any atom is 0.0470 e. The summed E-state index contributed by atoms with van der Waals surface area (Å²) in [6.07, 6.45) is 0.955. The molecule has 0 saturated carbocycles. The Labute approximate surface area is 84.7 Å². The first-order chi connectivity index (χ1) is 6.24. The van der Waals surface area contributed by atoms with Crippen LogP contribution in [0.2, 0.25) is 5.02 Å². The van der Waals surface area contributed by atoms with Crippen LogP contribution in [0.25, 0.3) is 0 Å². The Morgan fingerprint density at radius 3 is 2.85 bits per heavy atom. The summed E-state index contributed by atoms with van der Waals surface area (Å²) in [6.45, 7) is 2.86. The van der Waals surface area contributed by atoms with Gasteiger partial charge in [-0.3, -0.25) is 0 Å². The van der Waals surface area contributed by atoms with Gasteiger partial charge in [0.25, 0.3) is 0 Å². The lowest BCUT2D eigenvalue weighted by Gasteiger charge is -2.10. The van der Waals surface area contributed by atoms with Crippen molar-refractivity contribution in [2.45, 2.75) is 13.3 Å². The highest BCUT2D eigenvalue weighted by molar-refractivity contribution is 6.30. The van der Waals surface area contributed by atoms with Crippen LogP contribution in [-0.4, -0.2) is 13.7 Å². The molecule has 0 heterocycles. The summed E-state index contributed by atoms with van der Waals surface area (Å²) in [5.74, 6) is 1.31. The average molecular weight is 198 g/mol. The third-order valence-corrected chi connectivity index (χ3v) is 2.23. The van der Waals surface area contributed by atoms with E-state index in [0.29, 0.717) is 0 Å². The highest BCUT2D eigenvalue weighted by Gasteiger charge is 2.05. The fourth-order valence-electron chi connectivity index (χ4n) is 1.15. The molecule has 0 aromatic heterocycles. The van der Waals surface area contributed by atoms with Gasteiger partial charge in [0.1, 0.15) is 0 Å². The fraction of sp³-hybridized carbons (Fsp3) is 0.364. The molecule has 1 aromatic carbocycles. The second kappa shape index (κ2) is 5.25. The molecule has 0 saturated heterocycles. The molecule has 0 aliphatic carbocycles. The van der Waals surface area contributed by atoms with Crippen molar-refractivity contribution in [2.24, 2.45) is 0 Å². The lowest BCUT2D eigenvalue weighted by molar-refractivity contribution is 0.199. The lowest BCUT2D eigenvalue weighted by atomic mass is 9.98. The van der Waals surface area contributed by atoms with Crippen LogP contribution in [0.3, 0.4) is 0 Å². The Kier molecular flexibility index (Phi) is 4.26. The molecular weight excluding hydrogens is 184 g/mol. The molecule has 0 fully saturated rings. The quantitative estimate of drug-likeness (QED) is 0.720. The van der Waals surface area contributed by atoms with Crippen molar-refractivity contribution in [3.63, 3.8) is 0 Å². The van der Waals surface area contributed by atoms with E-state index in [1.54, 1.807) is 7.11 Å². The van der Waals surface area contributed by atoms with Gasteiger partial charge in [-0.2, -0.15) is 0 Å². The number of ether oxygens (including phenoxy) is 1. The molecule has 1 nitrogen and oxygen atoms in total. The standard InChI is InChI=1S/C11H14ClO/c1-9(6-7-13-2)10-4-3-5-11(12)8-10/h3-5,8H,6-7H2,1-2H3. The van der Waals surface area contributed by atoms with Gasteiger partial charge < -0.3 is 4.74 Å². The lowest BCUT2D eigenvalue weighted by Crippen LogP contribution is -1.99. The first-order valence-electron chi connectivity index (χ1n) is 4.31. The van der Waals surface area contributed by atoms with Crippen LogP contribution >= 0.6 is 11.6 Å². The number of hydrogen-bond acceptors (Lipinski definition) is 1. The van der Waals surface area contributed by atoms with E-state index in [2.05, 4.69) is 13.0 Å². The van der Waals surface area contributed by atoms with Gasteiger partial charge in [0.05, 0.1) is 0 Å². The molecule has 0 N–H and O–H groups in total. The van der Waals surface area contributed by atoms with Crippen LogP contribution < -0.4 is 0 Å². The van der Waals surface area contributed by atoms with E-state index in [4.69, 9.17) is 16.3 Å². The third kappa shape index (κ3) is 3.37. The van der Waals surface area contributed by atoms with E-state index in [-0.39, 0.29) is 0 Å². The highest BCUT2D eigenvalue weighted by Crippen LogP contribution is 2.20. The molecule has 2 heteroatoms. The maximum atomic E-state index is 5.88. The van der Waals surface area contributed by atoms with E-state index >= 15 is 0 Å². The van der Waals surface area contributed by atoms with E-state index in [1.807, 2.05) is 18.2 Å². The summed E-state index contributed by atoms with van der Waals surface area (Å²) in [4.78, 5) is 0. The summed E-state index contributed by atoms with van der Waals surface area (Å²) in [7, 11) is 1.71. The van der Waals surface area contributed by atoms with Gasteiger partial charge in [0.15, 0.2) is 0 Å². The van der Waals surface area contributed by atoms with Crippen LogP contribution in [0.5, 0.6) is 0 Å². The fourth-order valence-corrected chi connectivity index (χ4v) is 1.34. The Hall–Kier alpha value is -0.530. The van der Waals surface area contributed by atoms with E-state index in [1.165, 1.54) is 11.5 Å². The van der Waals surface area contributed by atoms with Crippen molar-refractivity contribution in [3.05, 3.63) is 40.8 Å². The first kappa shape index (κ1) is 10.6. The highest BCUT2D eigenvalue weighted by atomic mass is 35.5. The Bertz CT molecular complexity index is 260. The van der Waals surface area contributed by atoms with Crippen LogP contribution in [0, 0.1) is 5.92 Å². The van der Waals surface area contributed by atoms with Gasteiger partial charge in [-0.1, -0.05) is 30.7 Å². The first-order valence-corrected chi connectivity index (χ1v) is 4.69. The molecule has 0 amide bonds. The molecular formula is C11H14ClO. The minimum atomic E-state index is 0.762. The molecule has 0 aliphatic heterocycles. The van der Waals surface area contributed by atoms with Gasteiger partial charge >= 0.3 is 0 Å². The maximum absolute atomic E-state index is 5.88. The minimum absolute atomic E-state index is 0.762. The zero-order valence-electron chi connectivity index (χ0n) is 8.01. The second-order valence-corrected chi connectivity index (χ2v) is 3.47. The monoisotopic (exact) mass is 197 g/mol. The van der Waals surface area contributed by atoms with Gasteiger partial charge in [0, 0.05) is 24.7 Å². The van der Waals surface area contributed by atoms with Crippen LogP contribution in [-0.2, 0) is 4.74 Å². The Balaban J connectivity index is 2.60. The molecule has 71 valence electrons. The van der Waals surface area contributed by atoms with Crippen molar-refractivity contribution in [1.82, 2.24) is 0 Å². The third-order valence-electron chi connectivity index (χ3n) is 2.00. The van der Waals surface area contributed by atoms with Crippen LogP contribution in [0.15, 0.2) is 24.3 Å². The second-order valence-electron chi connectivity index (χ2n) is 3.03.